The molecule has 3 unspecified atom stereocenters. The van der Waals surface area contributed by atoms with Gasteiger partial charge in [0, 0.05) is 6.42 Å². The normalized spacial score (nSPS) is 14.4. The van der Waals surface area contributed by atoms with E-state index in [1.807, 2.05) is 60.8 Å². The maximum absolute atomic E-state index is 13.1. The van der Waals surface area contributed by atoms with Crippen LogP contribution >= 0.6 is 0 Å². The van der Waals surface area contributed by atoms with E-state index in [1.165, 1.54) is 44.9 Å². The highest BCUT2D eigenvalue weighted by atomic mass is 16.5. The number of aliphatic hydroxyl groups excluding tert-OH is 2. The molecule has 6 nitrogen and oxygen atoms in total. The molecule has 3 N–H and O–H groups in total. The second-order valence-corrected chi connectivity index (χ2v) is 15.5. The van der Waals surface area contributed by atoms with Crippen molar-refractivity contribution in [1.29, 1.82) is 0 Å². The molecule has 1 amide bonds. The largest absolute Gasteiger partial charge is 0.462 e. The van der Waals surface area contributed by atoms with Crippen LogP contribution in [-0.4, -0.2) is 46.9 Å². The van der Waals surface area contributed by atoms with Crippen molar-refractivity contribution in [2.45, 2.75) is 200 Å². The number of nitrogens with one attached hydrogen (secondary N) is 1. The van der Waals surface area contributed by atoms with Gasteiger partial charge in [0.25, 0.3) is 0 Å². The number of allylic oxidation sites excluding steroid dienone is 20. The van der Waals surface area contributed by atoms with E-state index in [0.29, 0.717) is 19.3 Å². The highest BCUT2D eigenvalue weighted by molar-refractivity contribution is 5.77. The second kappa shape index (κ2) is 46.3. The van der Waals surface area contributed by atoms with Crippen LogP contribution in [0.1, 0.15) is 181 Å². The number of unbranched alkanes of at least 4 members (excludes halogenated alkanes) is 13. The first-order chi connectivity index (χ1) is 29.5. The summed E-state index contributed by atoms with van der Waals surface area (Å²) in [5.74, 6) is -0.596. The molecule has 0 rings (SSSR count). The van der Waals surface area contributed by atoms with Gasteiger partial charge in [-0.05, 0) is 77.0 Å². The molecule has 0 spiro atoms. The van der Waals surface area contributed by atoms with Gasteiger partial charge in [-0.1, -0.05) is 213 Å². The Balaban J connectivity index is 4.82. The molecule has 0 fully saturated rings. The van der Waals surface area contributed by atoms with Crippen molar-refractivity contribution in [2.24, 2.45) is 0 Å². The molecule has 0 aliphatic carbocycles. The number of hydrogen-bond acceptors (Lipinski definition) is 5. The topological polar surface area (TPSA) is 95.9 Å². The molecule has 6 heteroatoms. The third kappa shape index (κ3) is 41.0. The van der Waals surface area contributed by atoms with Crippen LogP contribution < -0.4 is 5.32 Å². The van der Waals surface area contributed by atoms with Gasteiger partial charge in [0.15, 0.2) is 0 Å². The molecule has 0 saturated heterocycles. The molecule has 338 valence electrons. The summed E-state index contributed by atoms with van der Waals surface area (Å²) in [6.45, 7) is 6.16. The first kappa shape index (κ1) is 56.3. The summed E-state index contributed by atoms with van der Waals surface area (Å²) in [5, 5.41) is 23.6. The van der Waals surface area contributed by atoms with E-state index in [2.05, 4.69) is 86.8 Å². The summed E-state index contributed by atoms with van der Waals surface area (Å²) in [6.07, 6.45) is 64.0. The fourth-order valence-corrected chi connectivity index (χ4v) is 6.40. The summed E-state index contributed by atoms with van der Waals surface area (Å²) in [5.41, 5.74) is 0. The number of esters is 1. The molecule has 0 heterocycles. The summed E-state index contributed by atoms with van der Waals surface area (Å²) >= 11 is 0. The van der Waals surface area contributed by atoms with Crippen molar-refractivity contribution >= 4 is 11.9 Å². The van der Waals surface area contributed by atoms with Gasteiger partial charge in [-0.25, -0.2) is 0 Å². The number of hydrogen-bond donors (Lipinski definition) is 3. The average molecular weight is 830 g/mol. The predicted molar refractivity (Wildman–Crippen MR) is 259 cm³/mol. The molecule has 0 saturated carbocycles. The zero-order chi connectivity index (χ0) is 43.8. The van der Waals surface area contributed by atoms with Crippen molar-refractivity contribution in [2.75, 3.05) is 6.61 Å². The van der Waals surface area contributed by atoms with E-state index in [4.69, 9.17) is 4.74 Å². The van der Waals surface area contributed by atoms with Gasteiger partial charge in [-0.15, -0.1) is 0 Å². The minimum Gasteiger partial charge on any atom is -0.462 e. The summed E-state index contributed by atoms with van der Waals surface area (Å²) in [7, 11) is 0. The first-order valence-electron chi connectivity index (χ1n) is 23.8. The van der Waals surface area contributed by atoms with Gasteiger partial charge in [0.2, 0.25) is 5.91 Å². The van der Waals surface area contributed by atoms with E-state index in [9.17, 15) is 19.8 Å². The lowest BCUT2D eigenvalue weighted by Crippen LogP contribution is -2.46. The van der Waals surface area contributed by atoms with E-state index < -0.39 is 18.2 Å². The van der Waals surface area contributed by atoms with Crippen molar-refractivity contribution in [3.05, 3.63) is 122 Å². The van der Waals surface area contributed by atoms with E-state index in [-0.39, 0.29) is 24.9 Å². The van der Waals surface area contributed by atoms with Crippen LogP contribution in [0, 0.1) is 0 Å². The third-order valence-electron chi connectivity index (χ3n) is 9.95. The van der Waals surface area contributed by atoms with Gasteiger partial charge < -0.3 is 20.3 Å². The van der Waals surface area contributed by atoms with Crippen molar-refractivity contribution < 1.29 is 24.5 Å². The Kier molecular flexibility index (Phi) is 43.4. The summed E-state index contributed by atoms with van der Waals surface area (Å²) in [6, 6.07) is -0.736. The van der Waals surface area contributed by atoms with Crippen LogP contribution in [0.4, 0.5) is 0 Å². The molecule has 0 aliphatic rings. The quantitative estimate of drug-likeness (QED) is 0.0247. The van der Waals surface area contributed by atoms with Crippen LogP contribution in [0.5, 0.6) is 0 Å². The summed E-state index contributed by atoms with van der Waals surface area (Å²) in [4.78, 5) is 26.0. The van der Waals surface area contributed by atoms with Crippen molar-refractivity contribution in [3.63, 3.8) is 0 Å². The molecule has 60 heavy (non-hydrogen) atoms. The maximum Gasteiger partial charge on any atom is 0.306 e. The molecule has 0 aliphatic heterocycles. The fraction of sp³-hybridized carbons (Fsp3) is 0.593. The molecular weight excluding hydrogens is 743 g/mol. The molecule has 0 aromatic carbocycles. The molecule has 3 atom stereocenters. The molecule has 0 aromatic heterocycles. The van der Waals surface area contributed by atoms with E-state index in [0.717, 1.165) is 89.9 Å². The maximum atomic E-state index is 13.1. The zero-order valence-corrected chi connectivity index (χ0v) is 38.3. The summed E-state index contributed by atoms with van der Waals surface area (Å²) < 4.78 is 5.87. The van der Waals surface area contributed by atoms with Gasteiger partial charge in [-0.3, -0.25) is 9.59 Å². The average Bonchev–Trinajstić information content (AvgIpc) is 3.24. The monoisotopic (exact) mass is 830 g/mol. The molecule has 0 aromatic rings. The minimum absolute atomic E-state index is 0.0128. The highest BCUT2D eigenvalue weighted by Crippen LogP contribution is 2.16. The van der Waals surface area contributed by atoms with Gasteiger partial charge in [-0.2, -0.15) is 0 Å². The minimum atomic E-state index is -0.817. The highest BCUT2D eigenvalue weighted by Gasteiger charge is 2.24. The number of rotatable bonds is 40. The Morgan fingerprint density at radius 1 is 0.517 bits per heavy atom. The van der Waals surface area contributed by atoms with Crippen LogP contribution in [0.15, 0.2) is 122 Å². The zero-order valence-electron chi connectivity index (χ0n) is 38.3. The van der Waals surface area contributed by atoms with Crippen LogP contribution in [0.2, 0.25) is 0 Å². The Morgan fingerprint density at radius 3 is 1.57 bits per heavy atom. The first-order valence-corrected chi connectivity index (χ1v) is 23.8. The van der Waals surface area contributed by atoms with Gasteiger partial charge >= 0.3 is 5.97 Å². The van der Waals surface area contributed by atoms with Crippen LogP contribution in [0.3, 0.4) is 0 Å². The van der Waals surface area contributed by atoms with Crippen molar-refractivity contribution in [3.8, 4) is 0 Å². The predicted octanol–water partition coefficient (Wildman–Crippen LogP) is 14.1. The standard InChI is InChI=1S/C54H87NO5/c1-4-7-10-13-16-19-22-24-26-27-28-30-32-35-38-41-44-47-54(59)60-50(45-42-39-36-33-31-29-25-23-20-17-14-11-8-5-2)48-53(58)55-51(49-56)52(57)46-43-40-37-34-21-18-15-12-9-6-3/h7-8,10-11,13,16-17,19-20,22,24-30,32-33,36,50-52,56-57H,4-6,9,12,14-15,18,21,23,31,34-35,37-49H2,1-3H3,(H,55,58)/b10-7-,11-8+,16-13+,20-17+,22-19+,26-24-,28-27+,29-25+,32-30+,36-33+. The van der Waals surface area contributed by atoms with Crippen molar-refractivity contribution in [1.82, 2.24) is 5.32 Å². The lowest BCUT2D eigenvalue weighted by molar-refractivity contribution is -0.151. The fourth-order valence-electron chi connectivity index (χ4n) is 6.40. The SMILES string of the molecule is CC\C=C/C=C/C=C/C=C\C=C\C=C\CCCCCC(=O)OC(CCC/C=C/C/C=C/C/C=C/C/C=C/CC)CC(=O)NC(CO)C(O)CCCCCCCCCCCC. The van der Waals surface area contributed by atoms with Gasteiger partial charge in [0.1, 0.15) is 6.10 Å². The molecule has 0 bridgehead atoms. The van der Waals surface area contributed by atoms with Crippen LogP contribution in [0.25, 0.3) is 0 Å². The van der Waals surface area contributed by atoms with E-state index >= 15 is 0 Å². The Hall–Kier alpha value is -3.74. The number of aliphatic hydroxyl groups is 2. The van der Waals surface area contributed by atoms with E-state index in [1.54, 1.807) is 0 Å². The Labute approximate surface area is 368 Å². The van der Waals surface area contributed by atoms with Gasteiger partial charge in [0.05, 0.1) is 25.2 Å². The number of amides is 1. The number of carbonyl (C=O) groups is 2. The lowest BCUT2D eigenvalue weighted by Gasteiger charge is -2.24. The molecular formula is C54H87NO5. The number of ether oxygens (including phenoxy) is 1. The number of carbonyl (C=O) groups excluding carboxylic acids is 2. The Bertz CT molecular complexity index is 1300. The van der Waals surface area contributed by atoms with Crippen LogP contribution in [-0.2, 0) is 14.3 Å². The third-order valence-corrected chi connectivity index (χ3v) is 9.95. The smallest absolute Gasteiger partial charge is 0.306 e. The Morgan fingerprint density at radius 2 is 1.00 bits per heavy atom. The lowest BCUT2D eigenvalue weighted by atomic mass is 10.0. The molecule has 0 radical (unpaired) electrons. The second-order valence-electron chi connectivity index (χ2n) is 15.5.